The Hall–Kier alpha value is -0.0900. The third-order valence-electron chi connectivity index (χ3n) is 2.83. The number of nitrogens with one attached hydrogen (secondary N) is 1. The lowest BCUT2D eigenvalue weighted by Gasteiger charge is -2.26. The second-order valence-electron chi connectivity index (χ2n) is 4.43. The smallest absolute Gasteiger partial charge is 0.225 e. The summed E-state index contributed by atoms with van der Waals surface area (Å²) in [6.45, 7) is 5.61. The fourth-order valence-electron chi connectivity index (χ4n) is 1.63. The lowest BCUT2D eigenvalue weighted by Crippen LogP contribution is -2.44. The van der Waals surface area contributed by atoms with Crippen LogP contribution in [0.1, 0.15) is 26.7 Å². The topological polar surface area (TPSA) is 38.3 Å². The molecule has 0 spiro atoms. The van der Waals surface area contributed by atoms with E-state index in [0.717, 1.165) is 24.8 Å². The number of halogens is 1. The Kier molecular flexibility index (Phi) is 5.61. The molecule has 1 fully saturated rings. The first-order valence-electron chi connectivity index (χ1n) is 5.59. The first kappa shape index (κ1) is 13.0. The molecule has 0 aromatic carbocycles. The molecule has 15 heavy (non-hydrogen) atoms. The average molecular weight is 278 g/mol. The van der Waals surface area contributed by atoms with Gasteiger partial charge < -0.3 is 10.1 Å². The van der Waals surface area contributed by atoms with E-state index in [-0.39, 0.29) is 17.9 Å². The number of hydrogen-bond donors (Lipinski definition) is 1. The zero-order chi connectivity index (χ0) is 11.3. The highest BCUT2D eigenvalue weighted by Gasteiger charge is 2.24. The summed E-state index contributed by atoms with van der Waals surface area (Å²) in [4.78, 5) is 11.9. The Morgan fingerprint density at radius 3 is 2.80 bits per heavy atom. The summed E-state index contributed by atoms with van der Waals surface area (Å²) >= 11 is 3.42. The number of hydrogen-bond acceptors (Lipinski definition) is 2. The molecule has 2 unspecified atom stereocenters. The minimum Gasteiger partial charge on any atom is -0.381 e. The first-order valence-corrected chi connectivity index (χ1v) is 6.71. The van der Waals surface area contributed by atoms with Crippen LogP contribution in [0.2, 0.25) is 0 Å². The van der Waals surface area contributed by atoms with Gasteiger partial charge in [0.15, 0.2) is 0 Å². The molecule has 0 aromatic heterocycles. The minimum atomic E-state index is 0.0547. The molecular weight excluding hydrogens is 258 g/mol. The van der Waals surface area contributed by atoms with Crippen molar-refractivity contribution in [2.24, 2.45) is 11.8 Å². The molecule has 1 saturated heterocycles. The van der Waals surface area contributed by atoms with Crippen LogP contribution in [-0.2, 0) is 9.53 Å². The Morgan fingerprint density at radius 2 is 2.33 bits per heavy atom. The van der Waals surface area contributed by atoms with E-state index in [1.165, 1.54) is 0 Å². The van der Waals surface area contributed by atoms with Crippen LogP contribution in [0.4, 0.5) is 0 Å². The van der Waals surface area contributed by atoms with Gasteiger partial charge in [0, 0.05) is 18.0 Å². The molecule has 88 valence electrons. The van der Waals surface area contributed by atoms with Gasteiger partial charge in [-0.2, -0.15) is 0 Å². The molecule has 1 rings (SSSR count). The van der Waals surface area contributed by atoms with Crippen LogP contribution < -0.4 is 5.32 Å². The Bertz CT molecular complexity index is 203. The van der Waals surface area contributed by atoms with Crippen molar-refractivity contribution in [3.63, 3.8) is 0 Å². The van der Waals surface area contributed by atoms with E-state index in [9.17, 15) is 4.79 Å². The quantitative estimate of drug-likeness (QED) is 0.798. The summed E-state index contributed by atoms with van der Waals surface area (Å²) in [6.07, 6.45) is 1.96. The van der Waals surface area contributed by atoms with Gasteiger partial charge in [-0.25, -0.2) is 0 Å². The standard InChI is InChI=1S/C11H20BrNO2/c1-8(2)10(6-12)13-11(14)9-4-3-5-15-7-9/h8-10H,3-7H2,1-2H3,(H,13,14). The van der Waals surface area contributed by atoms with Crippen LogP contribution in [0, 0.1) is 11.8 Å². The normalized spacial score (nSPS) is 23.9. The van der Waals surface area contributed by atoms with Crippen LogP contribution in [0.25, 0.3) is 0 Å². The van der Waals surface area contributed by atoms with Crippen molar-refractivity contribution in [1.29, 1.82) is 0 Å². The summed E-state index contributed by atoms with van der Waals surface area (Å²) in [5.74, 6) is 0.657. The summed E-state index contributed by atoms with van der Waals surface area (Å²) < 4.78 is 5.31. The van der Waals surface area contributed by atoms with Crippen molar-refractivity contribution in [2.45, 2.75) is 32.7 Å². The summed E-state index contributed by atoms with van der Waals surface area (Å²) in [5, 5.41) is 3.88. The third-order valence-corrected chi connectivity index (χ3v) is 3.53. The van der Waals surface area contributed by atoms with Gasteiger partial charge >= 0.3 is 0 Å². The molecular formula is C11H20BrNO2. The Balaban J connectivity index is 2.38. The molecule has 0 bridgehead atoms. The molecule has 1 aliphatic heterocycles. The average Bonchev–Trinajstić information content (AvgIpc) is 2.26. The van der Waals surface area contributed by atoms with Crippen LogP contribution in [0.3, 0.4) is 0 Å². The molecule has 0 radical (unpaired) electrons. The Labute approximate surface area is 100 Å². The van der Waals surface area contributed by atoms with E-state index in [4.69, 9.17) is 4.74 Å². The van der Waals surface area contributed by atoms with Gasteiger partial charge in [-0.3, -0.25) is 4.79 Å². The van der Waals surface area contributed by atoms with E-state index in [2.05, 4.69) is 35.1 Å². The number of carbonyl (C=O) groups is 1. The van der Waals surface area contributed by atoms with E-state index < -0.39 is 0 Å². The third kappa shape index (κ3) is 4.11. The van der Waals surface area contributed by atoms with Crippen molar-refractivity contribution in [3.8, 4) is 0 Å². The molecule has 0 aromatic rings. The highest BCUT2D eigenvalue weighted by molar-refractivity contribution is 9.09. The Morgan fingerprint density at radius 1 is 1.60 bits per heavy atom. The highest BCUT2D eigenvalue weighted by Crippen LogP contribution is 2.15. The predicted molar refractivity (Wildman–Crippen MR) is 64.1 cm³/mol. The number of carbonyl (C=O) groups excluding carboxylic acids is 1. The van der Waals surface area contributed by atoms with Gasteiger partial charge in [-0.15, -0.1) is 0 Å². The molecule has 1 aliphatic rings. The van der Waals surface area contributed by atoms with E-state index in [0.29, 0.717) is 12.5 Å². The van der Waals surface area contributed by atoms with Gasteiger partial charge in [0.2, 0.25) is 5.91 Å². The maximum Gasteiger partial charge on any atom is 0.225 e. The number of amides is 1. The fourth-order valence-corrected chi connectivity index (χ4v) is 2.54. The fraction of sp³-hybridized carbons (Fsp3) is 0.909. The number of alkyl halides is 1. The predicted octanol–water partition coefficient (Wildman–Crippen LogP) is 1.95. The molecule has 1 N–H and O–H groups in total. The number of ether oxygens (including phenoxy) is 1. The van der Waals surface area contributed by atoms with Crippen LogP contribution >= 0.6 is 15.9 Å². The van der Waals surface area contributed by atoms with E-state index in [1.54, 1.807) is 0 Å². The van der Waals surface area contributed by atoms with Gasteiger partial charge in [0.25, 0.3) is 0 Å². The van der Waals surface area contributed by atoms with Crippen molar-refractivity contribution in [2.75, 3.05) is 18.5 Å². The maximum absolute atomic E-state index is 11.9. The van der Waals surface area contributed by atoms with Crippen molar-refractivity contribution < 1.29 is 9.53 Å². The van der Waals surface area contributed by atoms with Crippen LogP contribution in [0.5, 0.6) is 0 Å². The molecule has 0 saturated carbocycles. The van der Waals surface area contributed by atoms with Crippen LogP contribution in [0.15, 0.2) is 0 Å². The van der Waals surface area contributed by atoms with Gasteiger partial charge in [-0.1, -0.05) is 29.8 Å². The van der Waals surface area contributed by atoms with Crippen LogP contribution in [-0.4, -0.2) is 30.5 Å². The van der Waals surface area contributed by atoms with Crippen molar-refractivity contribution in [1.82, 2.24) is 5.32 Å². The van der Waals surface area contributed by atoms with Gasteiger partial charge in [0.05, 0.1) is 12.5 Å². The molecule has 0 aliphatic carbocycles. The molecule has 1 amide bonds. The molecule has 1 heterocycles. The van der Waals surface area contributed by atoms with E-state index in [1.807, 2.05) is 0 Å². The number of rotatable bonds is 4. The summed E-state index contributed by atoms with van der Waals surface area (Å²) in [7, 11) is 0. The van der Waals surface area contributed by atoms with Crippen molar-refractivity contribution in [3.05, 3.63) is 0 Å². The summed E-state index contributed by atoms with van der Waals surface area (Å²) in [5.41, 5.74) is 0. The zero-order valence-electron chi connectivity index (χ0n) is 9.46. The SMILES string of the molecule is CC(C)C(CBr)NC(=O)C1CCCOC1. The van der Waals surface area contributed by atoms with Crippen molar-refractivity contribution >= 4 is 21.8 Å². The minimum absolute atomic E-state index is 0.0547. The maximum atomic E-state index is 11.9. The lowest BCUT2D eigenvalue weighted by molar-refractivity contribution is -0.129. The van der Waals surface area contributed by atoms with Gasteiger partial charge in [-0.05, 0) is 18.8 Å². The van der Waals surface area contributed by atoms with Gasteiger partial charge in [0.1, 0.15) is 0 Å². The zero-order valence-corrected chi connectivity index (χ0v) is 11.0. The molecule has 4 heteroatoms. The largest absolute Gasteiger partial charge is 0.381 e. The monoisotopic (exact) mass is 277 g/mol. The molecule has 3 nitrogen and oxygen atoms in total. The summed E-state index contributed by atoms with van der Waals surface area (Å²) in [6, 6.07) is 0.222. The second kappa shape index (κ2) is 6.48. The lowest BCUT2D eigenvalue weighted by atomic mass is 9.99. The second-order valence-corrected chi connectivity index (χ2v) is 5.07. The highest BCUT2D eigenvalue weighted by atomic mass is 79.9. The van der Waals surface area contributed by atoms with E-state index >= 15 is 0 Å². The molecule has 2 atom stereocenters. The first-order chi connectivity index (χ1) is 7.15.